The van der Waals surface area contributed by atoms with Crippen molar-refractivity contribution in [2.45, 2.75) is 39.6 Å². The van der Waals surface area contributed by atoms with Crippen LogP contribution in [-0.2, 0) is 5.88 Å². The molecular formula is C15H18Cl2N2. The van der Waals surface area contributed by atoms with Crippen LogP contribution in [0.25, 0.3) is 11.0 Å². The lowest BCUT2D eigenvalue weighted by Gasteiger charge is -2.10. The molecule has 0 spiro atoms. The zero-order valence-corrected chi connectivity index (χ0v) is 13.2. The third-order valence-corrected chi connectivity index (χ3v) is 5.61. The van der Waals surface area contributed by atoms with Crippen molar-refractivity contribution in [1.29, 1.82) is 0 Å². The highest BCUT2D eigenvalue weighted by Gasteiger charge is 2.66. The quantitative estimate of drug-likeness (QED) is 0.710. The Balaban J connectivity index is 2.27. The third kappa shape index (κ3) is 1.59. The summed E-state index contributed by atoms with van der Waals surface area (Å²) in [6.07, 6.45) is 0. The van der Waals surface area contributed by atoms with Crippen molar-refractivity contribution in [1.82, 2.24) is 9.55 Å². The molecule has 0 aliphatic heterocycles. The largest absolute Gasteiger partial charge is 0.323 e. The second kappa shape index (κ2) is 3.89. The van der Waals surface area contributed by atoms with Gasteiger partial charge in [0.25, 0.3) is 0 Å². The molecule has 2 aromatic rings. The molecule has 19 heavy (non-hydrogen) atoms. The van der Waals surface area contributed by atoms with Crippen molar-refractivity contribution in [2.24, 2.45) is 10.8 Å². The SMILES string of the molecule is CC1(C)C(n2c(CCl)nc3c(Cl)cccc32)C1(C)C. The number of hydrogen-bond donors (Lipinski definition) is 0. The summed E-state index contributed by atoms with van der Waals surface area (Å²) in [5.41, 5.74) is 2.43. The number of nitrogens with zero attached hydrogens (tertiary/aromatic N) is 2. The summed E-state index contributed by atoms with van der Waals surface area (Å²) < 4.78 is 2.29. The summed E-state index contributed by atoms with van der Waals surface area (Å²) >= 11 is 12.3. The topological polar surface area (TPSA) is 17.8 Å². The Morgan fingerprint density at radius 3 is 2.37 bits per heavy atom. The summed E-state index contributed by atoms with van der Waals surface area (Å²) in [6.45, 7) is 9.19. The van der Waals surface area contributed by atoms with Crippen LogP contribution in [0, 0.1) is 10.8 Å². The van der Waals surface area contributed by atoms with E-state index in [1.807, 2.05) is 12.1 Å². The molecule has 0 N–H and O–H groups in total. The lowest BCUT2D eigenvalue weighted by Crippen LogP contribution is -2.04. The van der Waals surface area contributed by atoms with Gasteiger partial charge in [0.2, 0.25) is 0 Å². The fraction of sp³-hybridized carbons (Fsp3) is 0.533. The lowest BCUT2D eigenvalue weighted by molar-refractivity contribution is 0.457. The Morgan fingerprint density at radius 1 is 1.21 bits per heavy atom. The molecule has 1 aliphatic carbocycles. The molecule has 0 radical (unpaired) electrons. The first-order valence-corrected chi connectivity index (χ1v) is 7.45. The normalized spacial score (nSPS) is 20.9. The van der Waals surface area contributed by atoms with E-state index in [-0.39, 0.29) is 10.8 Å². The number of halogens is 2. The predicted octanol–water partition coefficient (Wildman–Crippen LogP) is 5.04. The van der Waals surface area contributed by atoms with E-state index in [1.165, 1.54) is 0 Å². The van der Waals surface area contributed by atoms with Gasteiger partial charge in [0.05, 0.1) is 16.4 Å². The summed E-state index contributed by atoms with van der Waals surface area (Å²) in [7, 11) is 0. The van der Waals surface area contributed by atoms with Gasteiger partial charge in [0.15, 0.2) is 0 Å². The Morgan fingerprint density at radius 2 is 1.84 bits per heavy atom. The van der Waals surface area contributed by atoms with Gasteiger partial charge < -0.3 is 4.57 Å². The minimum Gasteiger partial charge on any atom is -0.323 e. The molecule has 1 heterocycles. The molecule has 0 atom stereocenters. The Kier molecular flexibility index (Phi) is 2.72. The van der Waals surface area contributed by atoms with Gasteiger partial charge >= 0.3 is 0 Å². The molecule has 4 heteroatoms. The van der Waals surface area contributed by atoms with Crippen molar-refractivity contribution in [3.63, 3.8) is 0 Å². The van der Waals surface area contributed by atoms with Gasteiger partial charge in [-0.1, -0.05) is 45.4 Å². The van der Waals surface area contributed by atoms with Gasteiger partial charge in [-0.25, -0.2) is 4.98 Å². The van der Waals surface area contributed by atoms with Gasteiger partial charge in [0.1, 0.15) is 11.3 Å². The monoisotopic (exact) mass is 296 g/mol. The molecule has 1 aliphatic rings. The van der Waals surface area contributed by atoms with E-state index in [0.717, 1.165) is 16.9 Å². The highest BCUT2D eigenvalue weighted by atomic mass is 35.5. The number of alkyl halides is 1. The summed E-state index contributed by atoms with van der Waals surface area (Å²) in [6, 6.07) is 6.35. The molecule has 2 nitrogen and oxygen atoms in total. The number of fused-ring (bicyclic) bond motifs is 1. The Bertz CT molecular complexity index is 641. The van der Waals surface area contributed by atoms with Crippen molar-refractivity contribution < 1.29 is 0 Å². The van der Waals surface area contributed by atoms with Crippen LogP contribution < -0.4 is 0 Å². The molecule has 1 aromatic heterocycles. The number of aromatic nitrogens is 2. The second-order valence-electron chi connectivity index (χ2n) is 6.49. The van der Waals surface area contributed by atoms with Crippen molar-refractivity contribution in [3.8, 4) is 0 Å². The summed E-state index contributed by atoms with van der Waals surface area (Å²) in [5.74, 6) is 1.32. The number of para-hydroxylation sites is 1. The maximum absolute atomic E-state index is 6.25. The molecule has 0 unspecified atom stereocenters. The number of benzene rings is 1. The molecular weight excluding hydrogens is 279 g/mol. The predicted molar refractivity (Wildman–Crippen MR) is 80.9 cm³/mol. The molecule has 102 valence electrons. The second-order valence-corrected chi connectivity index (χ2v) is 7.16. The van der Waals surface area contributed by atoms with Crippen LogP contribution in [0.15, 0.2) is 18.2 Å². The first-order chi connectivity index (χ1) is 8.82. The standard InChI is InChI=1S/C15H18Cl2N2/c1-14(2)13(15(14,3)4)19-10-7-5-6-9(17)12(10)18-11(19)8-16/h5-7,13H,8H2,1-4H3. The number of hydrogen-bond acceptors (Lipinski definition) is 1. The van der Waals surface area contributed by atoms with E-state index in [9.17, 15) is 0 Å². The average Bonchev–Trinajstić information content (AvgIpc) is 2.64. The minimum atomic E-state index is 0.240. The van der Waals surface area contributed by atoms with E-state index in [2.05, 4.69) is 43.3 Å². The summed E-state index contributed by atoms with van der Waals surface area (Å²) in [5, 5.41) is 0.693. The highest BCUT2D eigenvalue weighted by Crippen LogP contribution is 2.72. The van der Waals surface area contributed by atoms with Crippen LogP contribution in [0.2, 0.25) is 5.02 Å². The van der Waals surface area contributed by atoms with Crippen molar-refractivity contribution in [3.05, 3.63) is 29.0 Å². The molecule has 1 fully saturated rings. The van der Waals surface area contributed by atoms with Gasteiger partial charge in [-0.2, -0.15) is 0 Å². The van der Waals surface area contributed by atoms with Crippen LogP contribution >= 0.6 is 23.2 Å². The van der Waals surface area contributed by atoms with E-state index in [1.54, 1.807) is 0 Å². The average molecular weight is 297 g/mol. The van der Waals surface area contributed by atoms with Crippen LogP contribution in [0.3, 0.4) is 0 Å². The van der Waals surface area contributed by atoms with Gasteiger partial charge in [0, 0.05) is 6.04 Å². The fourth-order valence-corrected chi connectivity index (χ4v) is 3.72. The first-order valence-electron chi connectivity index (χ1n) is 6.53. The van der Waals surface area contributed by atoms with Crippen LogP contribution in [0.4, 0.5) is 0 Å². The van der Waals surface area contributed by atoms with Crippen LogP contribution in [0.5, 0.6) is 0 Å². The maximum atomic E-state index is 6.25. The molecule has 0 saturated heterocycles. The smallest absolute Gasteiger partial charge is 0.125 e. The number of imidazole rings is 1. The van der Waals surface area contributed by atoms with E-state index < -0.39 is 0 Å². The fourth-order valence-electron chi connectivity index (χ4n) is 3.32. The molecule has 0 bridgehead atoms. The van der Waals surface area contributed by atoms with Gasteiger partial charge in [-0.15, -0.1) is 11.6 Å². The highest BCUT2D eigenvalue weighted by molar-refractivity contribution is 6.35. The van der Waals surface area contributed by atoms with Gasteiger partial charge in [-0.3, -0.25) is 0 Å². The number of rotatable bonds is 2. The lowest BCUT2D eigenvalue weighted by atomic mass is 10.0. The van der Waals surface area contributed by atoms with Crippen LogP contribution in [0.1, 0.15) is 39.6 Å². The summed E-state index contributed by atoms with van der Waals surface area (Å²) in [4.78, 5) is 4.62. The Labute approximate surface area is 123 Å². The first kappa shape index (κ1) is 13.3. The maximum Gasteiger partial charge on any atom is 0.125 e. The molecule has 1 aromatic carbocycles. The Hall–Kier alpha value is -0.730. The zero-order chi connectivity index (χ0) is 14.0. The van der Waals surface area contributed by atoms with Crippen molar-refractivity contribution in [2.75, 3.05) is 0 Å². The molecule has 0 amide bonds. The van der Waals surface area contributed by atoms with Crippen molar-refractivity contribution >= 4 is 34.2 Å². The van der Waals surface area contributed by atoms with Gasteiger partial charge in [-0.05, 0) is 23.0 Å². The molecule has 3 rings (SSSR count). The van der Waals surface area contributed by atoms with E-state index >= 15 is 0 Å². The zero-order valence-electron chi connectivity index (χ0n) is 11.7. The van der Waals surface area contributed by atoms with E-state index in [0.29, 0.717) is 16.9 Å². The minimum absolute atomic E-state index is 0.240. The third-order valence-electron chi connectivity index (χ3n) is 5.07. The molecule has 1 saturated carbocycles. The van der Waals surface area contributed by atoms with Crippen LogP contribution in [-0.4, -0.2) is 9.55 Å². The van der Waals surface area contributed by atoms with E-state index in [4.69, 9.17) is 23.2 Å².